The van der Waals surface area contributed by atoms with Gasteiger partial charge >= 0.3 is 12.1 Å². The first-order chi connectivity index (χ1) is 17.8. The van der Waals surface area contributed by atoms with Crippen molar-refractivity contribution in [3.63, 3.8) is 0 Å². The zero-order valence-electron chi connectivity index (χ0n) is 22.7. The van der Waals surface area contributed by atoms with Crippen LogP contribution in [-0.2, 0) is 9.47 Å². The molecule has 3 amide bonds. The number of piperidine rings is 1. The molecule has 2 aliphatic rings. The molecule has 0 unspecified atom stereocenters. The second-order valence-electron chi connectivity index (χ2n) is 10.9. The van der Waals surface area contributed by atoms with E-state index in [-0.39, 0.29) is 24.1 Å². The number of amides is 3. The number of nitrogens with zero attached hydrogens (tertiary/aromatic N) is 1. The molecule has 0 radical (unpaired) electrons. The van der Waals surface area contributed by atoms with Gasteiger partial charge in [0.05, 0.1) is 19.8 Å². The third kappa shape index (κ3) is 9.34. The number of likely N-dealkylation sites (tertiary alicyclic amines) is 1. The fourth-order valence-electron chi connectivity index (χ4n) is 5.93. The molecule has 1 heterocycles. The van der Waals surface area contributed by atoms with E-state index in [1.165, 1.54) is 39.2 Å². The number of alkyl carbamates (subject to hydrolysis) is 1. The third-order valence-corrected chi connectivity index (χ3v) is 8.02. The molecule has 3 N–H and O–H groups in total. The number of likely N-dealkylation sites (N-methyl/N-ethyl adjacent to an activating group) is 1. The number of rotatable bonds is 11. The molecular weight excluding hydrogens is 492 g/mol. The summed E-state index contributed by atoms with van der Waals surface area (Å²) in [6.45, 7) is 5.15. The van der Waals surface area contributed by atoms with E-state index in [1.807, 2.05) is 36.2 Å². The van der Waals surface area contributed by atoms with Gasteiger partial charge in [0.15, 0.2) is 0 Å². The zero-order valence-corrected chi connectivity index (χ0v) is 23.4. The van der Waals surface area contributed by atoms with Crippen LogP contribution in [0.3, 0.4) is 0 Å². The Morgan fingerprint density at radius 1 is 1.22 bits per heavy atom. The number of urea groups is 1. The summed E-state index contributed by atoms with van der Waals surface area (Å²) in [6.07, 6.45) is 8.49. The highest BCUT2D eigenvalue weighted by molar-refractivity contribution is 6.30. The monoisotopic (exact) mass is 536 g/mol. The van der Waals surface area contributed by atoms with Crippen molar-refractivity contribution in [3.05, 3.63) is 34.9 Å². The van der Waals surface area contributed by atoms with Gasteiger partial charge in [-0.15, -0.1) is 0 Å². The van der Waals surface area contributed by atoms with E-state index in [2.05, 4.69) is 27.6 Å². The summed E-state index contributed by atoms with van der Waals surface area (Å²) in [5.41, 5.74) is 1.28. The summed E-state index contributed by atoms with van der Waals surface area (Å²) in [4.78, 5) is 26.8. The minimum absolute atomic E-state index is 0.00145. The highest BCUT2D eigenvalue weighted by atomic mass is 35.5. The highest BCUT2D eigenvalue weighted by Gasteiger charge is 2.34. The molecule has 2 fully saturated rings. The maximum atomic E-state index is 13.4. The lowest BCUT2D eigenvalue weighted by Gasteiger charge is -2.39. The number of carbonyl (C=O) groups excluding carboxylic acids is 2. The van der Waals surface area contributed by atoms with Crippen molar-refractivity contribution in [2.45, 2.75) is 70.4 Å². The lowest BCUT2D eigenvalue weighted by Crippen LogP contribution is -2.52. The predicted molar refractivity (Wildman–Crippen MR) is 147 cm³/mol. The molecule has 1 aliphatic heterocycles. The fraction of sp³-hybridized carbons (Fsp3) is 0.714. The summed E-state index contributed by atoms with van der Waals surface area (Å²) in [7, 11) is 3.28. The second kappa shape index (κ2) is 14.8. The first-order valence-corrected chi connectivity index (χ1v) is 14.1. The largest absolute Gasteiger partial charge is 0.453 e. The van der Waals surface area contributed by atoms with E-state index in [0.717, 1.165) is 37.9 Å². The smallest absolute Gasteiger partial charge is 0.406 e. The molecule has 8 nitrogen and oxygen atoms in total. The Bertz CT molecular complexity index is 864. The first kappa shape index (κ1) is 29.5. The van der Waals surface area contributed by atoms with Gasteiger partial charge in [0.25, 0.3) is 0 Å². The van der Waals surface area contributed by atoms with E-state index in [4.69, 9.17) is 16.3 Å². The number of ether oxygens (including phenoxy) is 2. The number of hydrogen-bond acceptors (Lipinski definition) is 5. The molecule has 1 aromatic rings. The lowest BCUT2D eigenvalue weighted by atomic mass is 9.72. The zero-order chi connectivity index (χ0) is 26.7. The van der Waals surface area contributed by atoms with Crippen molar-refractivity contribution in [3.8, 4) is 0 Å². The Morgan fingerprint density at radius 2 is 2.00 bits per heavy atom. The Hall–Kier alpha value is -2.03. The highest BCUT2D eigenvalue weighted by Crippen LogP contribution is 2.39. The molecule has 1 saturated heterocycles. The fourth-order valence-corrected chi connectivity index (χ4v) is 6.13. The third-order valence-electron chi connectivity index (χ3n) is 7.78. The van der Waals surface area contributed by atoms with E-state index < -0.39 is 6.09 Å². The first-order valence-electron chi connectivity index (χ1n) is 13.7. The molecule has 37 heavy (non-hydrogen) atoms. The molecule has 9 heteroatoms. The van der Waals surface area contributed by atoms with Crippen LogP contribution in [0.25, 0.3) is 0 Å². The van der Waals surface area contributed by atoms with Gasteiger partial charge in [0, 0.05) is 43.2 Å². The van der Waals surface area contributed by atoms with Crippen LogP contribution in [0.5, 0.6) is 0 Å². The number of hydrogen-bond donors (Lipinski definition) is 3. The van der Waals surface area contributed by atoms with Crippen molar-refractivity contribution in [2.24, 2.45) is 11.3 Å². The van der Waals surface area contributed by atoms with Crippen LogP contribution < -0.4 is 16.0 Å². The summed E-state index contributed by atoms with van der Waals surface area (Å²) >= 11 is 6.30. The van der Waals surface area contributed by atoms with Crippen LogP contribution in [0.2, 0.25) is 5.02 Å². The molecule has 0 bridgehead atoms. The maximum absolute atomic E-state index is 13.4. The minimum Gasteiger partial charge on any atom is -0.453 e. The number of halogens is 1. The Morgan fingerprint density at radius 3 is 2.70 bits per heavy atom. The Balaban J connectivity index is 1.64. The number of carbonyl (C=O) groups is 2. The van der Waals surface area contributed by atoms with Crippen molar-refractivity contribution in [1.29, 1.82) is 0 Å². The summed E-state index contributed by atoms with van der Waals surface area (Å²) in [6, 6.07) is 7.80. The van der Waals surface area contributed by atoms with Crippen LogP contribution in [0.15, 0.2) is 24.3 Å². The van der Waals surface area contributed by atoms with Gasteiger partial charge in [-0.05, 0) is 62.3 Å². The topological polar surface area (TPSA) is 91.9 Å². The summed E-state index contributed by atoms with van der Waals surface area (Å²) < 4.78 is 10.9. The van der Waals surface area contributed by atoms with Crippen LogP contribution in [0.1, 0.15) is 70.0 Å². The van der Waals surface area contributed by atoms with E-state index in [9.17, 15) is 9.59 Å². The number of methoxy groups -OCH3 is 1. The maximum Gasteiger partial charge on any atom is 0.406 e. The predicted octanol–water partition coefficient (Wildman–Crippen LogP) is 5.12. The second-order valence-corrected chi connectivity index (χ2v) is 11.3. The Labute approximate surface area is 227 Å². The quantitative estimate of drug-likeness (QED) is 0.341. The molecule has 1 aliphatic carbocycles. The molecule has 1 saturated carbocycles. The molecule has 3 atom stereocenters. The molecule has 208 valence electrons. The van der Waals surface area contributed by atoms with E-state index in [1.54, 1.807) is 0 Å². The van der Waals surface area contributed by atoms with Crippen molar-refractivity contribution >= 4 is 23.7 Å². The van der Waals surface area contributed by atoms with Gasteiger partial charge in [-0.25, -0.2) is 9.59 Å². The van der Waals surface area contributed by atoms with E-state index in [0.29, 0.717) is 30.1 Å². The van der Waals surface area contributed by atoms with Crippen LogP contribution >= 0.6 is 11.6 Å². The van der Waals surface area contributed by atoms with Crippen LogP contribution in [0, 0.1) is 11.3 Å². The molecule has 0 spiro atoms. The SMILES string of the molecule is CNC[C@@H](CC1(C)CCCCC1)NC(=O)N1CCC[C@@H]([C@@H](OCCNC(=O)OC)c2cccc(Cl)c2)C1. The number of benzene rings is 1. The van der Waals surface area contributed by atoms with Crippen molar-refractivity contribution in [1.82, 2.24) is 20.9 Å². The van der Waals surface area contributed by atoms with Gasteiger partial charge in [0.1, 0.15) is 0 Å². The molecular formula is C28H45ClN4O4. The van der Waals surface area contributed by atoms with Gasteiger partial charge in [0.2, 0.25) is 0 Å². The van der Waals surface area contributed by atoms with Gasteiger partial charge < -0.3 is 30.3 Å². The van der Waals surface area contributed by atoms with Crippen molar-refractivity contribution in [2.75, 3.05) is 46.9 Å². The molecule has 1 aromatic carbocycles. The van der Waals surface area contributed by atoms with E-state index >= 15 is 0 Å². The molecule has 0 aromatic heterocycles. The van der Waals surface area contributed by atoms with Gasteiger partial charge in [-0.3, -0.25) is 0 Å². The average Bonchev–Trinajstić information content (AvgIpc) is 2.89. The Kier molecular flexibility index (Phi) is 11.8. The standard InChI is InChI=1S/C28H45ClN4O4/c1-28(12-5-4-6-13-28)18-24(19-30-2)32-26(34)33-15-8-10-22(20-33)25(21-9-7-11-23(29)17-21)37-16-14-31-27(35)36-3/h7,9,11,17,22,24-25,30H,4-6,8,10,12-16,18-20H2,1-3H3,(H,31,35)(H,32,34)/t22-,24-,25+/m1/s1. The normalized spacial score (nSPS) is 21.1. The van der Waals surface area contributed by atoms with Gasteiger partial charge in [-0.1, -0.05) is 49.9 Å². The minimum atomic E-state index is -0.485. The average molecular weight is 537 g/mol. The summed E-state index contributed by atoms with van der Waals surface area (Å²) in [5, 5.41) is 9.92. The number of nitrogens with one attached hydrogen (secondary N) is 3. The van der Waals surface area contributed by atoms with Crippen molar-refractivity contribution < 1.29 is 19.1 Å². The van der Waals surface area contributed by atoms with Gasteiger partial charge in [-0.2, -0.15) is 0 Å². The molecule has 3 rings (SSSR count). The summed E-state index contributed by atoms with van der Waals surface area (Å²) in [5.74, 6) is 0.120. The van der Waals surface area contributed by atoms with Crippen LogP contribution in [-0.4, -0.2) is 70.0 Å². The van der Waals surface area contributed by atoms with Crippen LogP contribution in [0.4, 0.5) is 9.59 Å². The lowest BCUT2D eigenvalue weighted by molar-refractivity contribution is -0.00870.